The second-order valence-corrected chi connectivity index (χ2v) is 5.38. The van der Waals surface area contributed by atoms with Crippen molar-refractivity contribution in [3.05, 3.63) is 0 Å². The molecule has 0 radical (unpaired) electrons. The number of nitrogens with two attached hydrogens (primary N) is 1. The van der Waals surface area contributed by atoms with Crippen molar-refractivity contribution in [2.45, 2.75) is 57.5 Å². The van der Waals surface area contributed by atoms with Gasteiger partial charge in [0.25, 0.3) is 0 Å². The molecule has 0 aromatic carbocycles. The number of hydrogen-bond acceptors (Lipinski definition) is 4. The zero-order valence-corrected chi connectivity index (χ0v) is 15.8. The Balaban J connectivity index is 0.00000441. The summed E-state index contributed by atoms with van der Waals surface area (Å²) in [5.74, 6) is 0.392. The van der Waals surface area contributed by atoms with Crippen LogP contribution in [0.25, 0.3) is 0 Å². The van der Waals surface area contributed by atoms with Crippen LogP contribution in [0.4, 0.5) is 0 Å². The Morgan fingerprint density at radius 1 is 1.32 bits per heavy atom. The fourth-order valence-electron chi connectivity index (χ4n) is 2.29. The molecule has 22 heavy (non-hydrogen) atoms. The minimum atomic E-state index is -0.119. The molecule has 7 heteroatoms. The van der Waals surface area contributed by atoms with E-state index in [0.717, 1.165) is 58.1 Å². The first-order valence-electron chi connectivity index (χ1n) is 7.94. The van der Waals surface area contributed by atoms with Crippen molar-refractivity contribution in [3.63, 3.8) is 0 Å². The molecule has 0 aliphatic carbocycles. The molecule has 1 heterocycles. The molecular weight excluding hydrogens is 397 g/mol. The van der Waals surface area contributed by atoms with E-state index in [1.165, 1.54) is 7.11 Å². The highest BCUT2D eigenvalue weighted by Gasteiger charge is 2.14. The number of esters is 1. The molecule has 3 N–H and O–H groups in total. The maximum Gasteiger partial charge on any atom is 0.305 e. The van der Waals surface area contributed by atoms with Crippen LogP contribution in [0.2, 0.25) is 0 Å². The van der Waals surface area contributed by atoms with Gasteiger partial charge in [0.05, 0.1) is 19.8 Å². The summed E-state index contributed by atoms with van der Waals surface area (Å²) in [5.41, 5.74) is 5.79. The number of unbranched alkanes of at least 4 members (excludes halogenated alkanes) is 4. The van der Waals surface area contributed by atoms with E-state index in [0.29, 0.717) is 18.9 Å². The van der Waals surface area contributed by atoms with Crippen molar-refractivity contribution < 1.29 is 14.3 Å². The predicted octanol–water partition coefficient (Wildman–Crippen LogP) is 2.20. The van der Waals surface area contributed by atoms with Crippen LogP contribution < -0.4 is 11.1 Å². The average molecular weight is 427 g/mol. The van der Waals surface area contributed by atoms with Crippen molar-refractivity contribution in [1.29, 1.82) is 0 Å². The van der Waals surface area contributed by atoms with Crippen molar-refractivity contribution in [2.24, 2.45) is 10.7 Å². The SMILES string of the molecule is COC(=O)CCCCCCCNC(N)=NCC1CCCO1.I. The van der Waals surface area contributed by atoms with Crippen LogP contribution in [0.1, 0.15) is 51.4 Å². The van der Waals surface area contributed by atoms with E-state index >= 15 is 0 Å². The zero-order chi connectivity index (χ0) is 15.3. The lowest BCUT2D eigenvalue weighted by molar-refractivity contribution is -0.140. The summed E-state index contributed by atoms with van der Waals surface area (Å²) in [5, 5.41) is 3.12. The van der Waals surface area contributed by atoms with Crippen LogP contribution in [0.5, 0.6) is 0 Å². The molecule has 1 atom stereocenters. The van der Waals surface area contributed by atoms with Crippen LogP contribution in [0, 0.1) is 0 Å². The zero-order valence-electron chi connectivity index (χ0n) is 13.5. The molecule has 130 valence electrons. The minimum Gasteiger partial charge on any atom is -0.469 e. The number of hydrogen-bond donors (Lipinski definition) is 2. The number of nitrogens with one attached hydrogen (secondary N) is 1. The molecular formula is C15H30IN3O3. The lowest BCUT2D eigenvalue weighted by atomic mass is 10.1. The van der Waals surface area contributed by atoms with Gasteiger partial charge in [0, 0.05) is 19.6 Å². The third-order valence-electron chi connectivity index (χ3n) is 3.58. The Hall–Kier alpha value is -0.570. The van der Waals surface area contributed by atoms with Gasteiger partial charge in [0.15, 0.2) is 5.96 Å². The Labute approximate surface area is 150 Å². The second-order valence-electron chi connectivity index (χ2n) is 5.38. The predicted molar refractivity (Wildman–Crippen MR) is 98.6 cm³/mol. The number of aliphatic imine (C=N–C) groups is 1. The summed E-state index contributed by atoms with van der Waals surface area (Å²) in [6.45, 7) is 2.35. The van der Waals surface area contributed by atoms with Gasteiger partial charge in [0.1, 0.15) is 0 Å². The lowest BCUT2D eigenvalue weighted by Crippen LogP contribution is -2.33. The third kappa shape index (κ3) is 11.1. The first-order chi connectivity index (χ1) is 10.2. The maximum absolute atomic E-state index is 10.9. The number of halogens is 1. The highest BCUT2D eigenvalue weighted by molar-refractivity contribution is 14.0. The number of carbonyl (C=O) groups is 1. The van der Waals surface area contributed by atoms with Crippen LogP contribution >= 0.6 is 24.0 Å². The number of nitrogens with zero attached hydrogens (tertiary/aromatic N) is 1. The van der Waals surface area contributed by atoms with Crippen molar-refractivity contribution >= 4 is 35.9 Å². The Morgan fingerprint density at radius 2 is 2.05 bits per heavy atom. The number of guanidine groups is 1. The fraction of sp³-hybridized carbons (Fsp3) is 0.867. The van der Waals surface area contributed by atoms with E-state index < -0.39 is 0 Å². The summed E-state index contributed by atoms with van der Waals surface area (Å²) in [7, 11) is 1.43. The van der Waals surface area contributed by atoms with E-state index in [1.807, 2.05) is 0 Å². The summed E-state index contributed by atoms with van der Waals surface area (Å²) < 4.78 is 10.1. The van der Waals surface area contributed by atoms with Gasteiger partial charge >= 0.3 is 5.97 Å². The van der Waals surface area contributed by atoms with E-state index in [1.54, 1.807) is 0 Å². The van der Waals surface area contributed by atoms with E-state index in [2.05, 4.69) is 15.0 Å². The summed E-state index contributed by atoms with van der Waals surface area (Å²) in [6, 6.07) is 0. The molecule has 1 aliphatic heterocycles. The van der Waals surface area contributed by atoms with Crippen LogP contribution in [-0.2, 0) is 14.3 Å². The van der Waals surface area contributed by atoms with Gasteiger partial charge in [-0.1, -0.05) is 19.3 Å². The molecule has 0 saturated carbocycles. The molecule has 0 bridgehead atoms. The fourth-order valence-corrected chi connectivity index (χ4v) is 2.29. The molecule has 0 aromatic rings. The average Bonchev–Trinajstić information content (AvgIpc) is 3.00. The Morgan fingerprint density at radius 3 is 2.73 bits per heavy atom. The first-order valence-corrected chi connectivity index (χ1v) is 7.94. The largest absolute Gasteiger partial charge is 0.469 e. The Bertz CT molecular complexity index is 321. The number of carbonyl (C=O) groups excluding carboxylic acids is 1. The van der Waals surface area contributed by atoms with Gasteiger partial charge in [-0.15, -0.1) is 24.0 Å². The molecule has 0 aromatic heterocycles. The van der Waals surface area contributed by atoms with Gasteiger partial charge in [-0.2, -0.15) is 0 Å². The minimum absolute atomic E-state index is 0. The molecule has 0 spiro atoms. The quantitative estimate of drug-likeness (QED) is 0.184. The second kappa shape index (κ2) is 14.0. The molecule has 0 amide bonds. The van der Waals surface area contributed by atoms with Gasteiger partial charge in [-0.3, -0.25) is 9.79 Å². The molecule has 6 nitrogen and oxygen atoms in total. The maximum atomic E-state index is 10.9. The van der Waals surface area contributed by atoms with Crippen molar-refractivity contribution in [2.75, 3.05) is 26.8 Å². The lowest BCUT2D eigenvalue weighted by Gasteiger charge is -2.08. The van der Waals surface area contributed by atoms with Crippen molar-refractivity contribution in [1.82, 2.24) is 5.32 Å². The van der Waals surface area contributed by atoms with Gasteiger partial charge in [-0.25, -0.2) is 0 Å². The van der Waals surface area contributed by atoms with E-state index in [4.69, 9.17) is 10.5 Å². The number of ether oxygens (including phenoxy) is 2. The smallest absolute Gasteiger partial charge is 0.305 e. The summed E-state index contributed by atoms with van der Waals surface area (Å²) in [6.07, 6.45) is 8.29. The van der Waals surface area contributed by atoms with Crippen molar-refractivity contribution in [3.8, 4) is 0 Å². The van der Waals surface area contributed by atoms with Gasteiger partial charge in [0.2, 0.25) is 0 Å². The highest BCUT2D eigenvalue weighted by atomic mass is 127. The Kier molecular flexibility index (Phi) is 13.7. The van der Waals surface area contributed by atoms with E-state index in [-0.39, 0.29) is 36.0 Å². The molecule has 1 unspecified atom stereocenters. The van der Waals surface area contributed by atoms with Crippen LogP contribution in [0.3, 0.4) is 0 Å². The normalized spacial score (nSPS) is 17.9. The van der Waals surface area contributed by atoms with Crippen LogP contribution in [-0.4, -0.2) is 44.8 Å². The van der Waals surface area contributed by atoms with Gasteiger partial charge < -0.3 is 20.5 Å². The molecule has 1 fully saturated rings. The monoisotopic (exact) mass is 427 g/mol. The topological polar surface area (TPSA) is 85.9 Å². The highest BCUT2D eigenvalue weighted by Crippen LogP contribution is 2.11. The number of rotatable bonds is 10. The molecule has 1 rings (SSSR count). The number of methoxy groups -OCH3 is 1. The van der Waals surface area contributed by atoms with Gasteiger partial charge in [-0.05, 0) is 25.7 Å². The summed E-state index contributed by atoms with van der Waals surface area (Å²) in [4.78, 5) is 15.2. The van der Waals surface area contributed by atoms with E-state index in [9.17, 15) is 4.79 Å². The summed E-state index contributed by atoms with van der Waals surface area (Å²) >= 11 is 0. The third-order valence-corrected chi connectivity index (χ3v) is 3.58. The van der Waals surface area contributed by atoms with Crippen LogP contribution in [0.15, 0.2) is 4.99 Å². The molecule has 1 aliphatic rings. The first kappa shape index (κ1) is 21.4. The molecule has 1 saturated heterocycles. The standard InChI is InChI=1S/C15H29N3O3.HI/c1-20-14(19)9-5-3-2-4-6-10-17-15(16)18-12-13-8-7-11-21-13;/h13H,2-12H2,1H3,(H3,16,17,18);1H.